The van der Waals surface area contributed by atoms with Crippen molar-refractivity contribution in [3.05, 3.63) is 29.3 Å². The molecule has 2 aliphatic heterocycles. The first-order valence-corrected chi connectivity index (χ1v) is 13.6. The van der Waals surface area contributed by atoms with E-state index in [1.54, 1.807) is 18.2 Å². The first-order valence-electron chi connectivity index (χ1n) is 13.6. The van der Waals surface area contributed by atoms with Crippen LogP contribution in [0.4, 0.5) is 10.5 Å². The monoisotopic (exact) mass is 528 g/mol. The third kappa shape index (κ3) is 8.03. The lowest BCUT2D eigenvalue weighted by Crippen LogP contribution is -2.54. The second-order valence-electron chi connectivity index (χ2n) is 10.9. The summed E-state index contributed by atoms with van der Waals surface area (Å²) in [5, 5.41) is 8.28. The third-order valence-corrected chi connectivity index (χ3v) is 6.56. The summed E-state index contributed by atoms with van der Waals surface area (Å²) in [6.45, 7) is 6.84. The maximum atomic E-state index is 13.1. The van der Waals surface area contributed by atoms with E-state index >= 15 is 0 Å². The number of nitrogens with zero attached hydrogens (tertiary/aromatic N) is 1. The summed E-state index contributed by atoms with van der Waals surface area (Å²) in [5.41, 5.74) is 0.695. The second kappa shape index (κ2) is 13.4. The minimum absolute atomic E-state index is 0.0974. The van der Waals surface area contributed by atoms with Gasteiger partial charge in [0, 0.05) is 25.2 Å². The van der Waals surface area contributed by atoms with Gasteiger partial charge in [-0.3, -0.25) is 29.4 Å². The Hall–Kier alpha value is -3.43. The Morgan fingerprint density at radius 1 is 0.947 bits per heavy atom. The van der Waals surface area contributed by atoms with Crippen molar-refractivity contribution in [1.29, 1.82) is 0 Å². The Labute approximate surface area is 224 Å². The van der Waals surface area contributed by atoms with Crippen molar-refractivity contribution in [1.82, 2.24) is 15.5 Å². The SMILES string of the molecule is CC(C)(C)OC(=O)NCCCCCCCCCCNc1cccc2c1C(=O)N(C1CCC(=O)NC1=O)C2=O. The van der Waals surface area contributed by atoms with Gasteiger partial charge in [-0.2, -0.15) is 0 Å². The number of ether oxygens (including phenoxy) is 1. The largest absolute Gasteiger partial charge is 0.444 e. The Kier molecular flexibility index (Phi) is 10.3. The summed E-state index contributed by atoms with van der Waals surface area (Å²) >= 11 is 0. The van der Waals surface area contributed by atoms with Crippen molar-refractivity contribution >= 4 is 35.4 Å². The van der Waals surface area contributed by atoms with E-state index in [1.807, 2.05) is 20.8 Å². The highest BCUT2D eigenvalue weighted by atomic mass is 16.6. The molecule has 0 saturated carbocycles. The Morgan fingerprint density at radius 3 is 2.21 bits per heavy atom. The maximum Gasteiger partial charge on any atom is 0.407 e. The van der Waals surface area contributed by atoms with Crippen LogP contribution in [0.5, 0.6) is 0 Å². The van der Waals surface area contributed by atoms with E-state index in [0.717, 1.165) is 56.3 Å². The van der Waals surface area contributed by atoms with Gasteiger partial charge in [0.15, 0.2) is 0 Å². The van der Waals surface area contributed by atoms with Crippen molar-refractivity contribution in [2.45, 2.75) is 96.6 Å². The predicted molar refractivity (Wildman–Crippen MR) is 143 cm³/mol. The fourth-order valence-electron chi connectivity index (χ4n) is 4.70. The molecular weight excluding hydrogens is 488 g/mol. The lowest BCUT2D eigenvalue weighted by molar-refractivity contribution is -0.136. The van der Waals surface area contributed by atoms with Crippen molar-refractivity contribution in [2.24, 2.45) is 0 Å². The number of alkyl carbamates (subject to hydrolysis) is 1. The molecule has 3 rings (SSSR count). The second-order valence-corrected chi connectivity index (χ2v) is 10.9. The average Bonchev–Trinajstić information content (AvgIpc) is 3.09. The minimum atomic E-state index is -0.964. The molecular formula is C28H40N4O6. The highest BCUT2D eigenvalue weighted by Crippen LogP contribution is 2.32. The first kappa shape index (κ1) is 29.1. The predicted octanol–water partition coefficient (Wildman–Crippen LogP) is 4.15. The Morgan fingerprint density at radius 2 is 1.58 bits per heavy atom. The summed E-state index contributed by atoms with van der Waals surface area (Å²) in [4.78, 5) is 62.3. The van der Waals surface area contributed by atoms with Crippen LogP contribution in [0, 0.1) is 0 Å². The van der Waals surface area contributed by atoms with Gasteiger partial charge >= 0.3 is 6.09 Å². The maximum absolute atomic E-state index is 13.1. The van der Waals surface area contributed by atoms with Crippen molar-refractivity contribution in [3.8, 4) is 0 Å². The van der Waals surface area contributed by atoms with Crippen LogP contribution in [0.25, 0.3) is 0 Å². The third-order valence-electron chi connectivity index (χ3n) is 6.56. The molecule has 3 N–H and O–H groups in total. The van der Waals surface area contributed by atoms with Gasteiger partial charge in [-0.1, -0.05) is 44.6 Å². The molecule has 1 saturated heterocycles. The zero-order valence-electron chi connectivity index (χ0n) is 22.7. The normalized spacial score (nSPS) is 17.3. The number of hydrogen-bond acceptors (Lipinski definition) is 7. The molecule has 2 aliphatic rings. The summed E-state index contributed by atoms with van der Waals surface area (Å²) < 4.78 is 5.21. The highest BCUT2D eigenvalue weighted by molar-refractivity contribution is 6.25. The molecule has 1 fully saturated rings. The van der Waals surface area contributed by atoms with Gasteiger partial charge in [0.25, 0.3) is 11.8 Å². The van der Waals surface area contributed by atoms with Crippen molar-refractivity contribution in [2.75, 3.05) is 18.4 Å². The Bertz CT molecular complexity index is 1050. The number of carbonyl (C=O) groups is 5. The minimum Gasteiger partial charge on any atom is -0.444 e. The van der Waals surface area contributed by atoms with E-state index in [9.17, 15) is 24.0 Å². The number of fused-ring (bicyclic) bond motifs is 1. The molecule has 0 spiro atoms. The molecule has 2 heterocycles. The smallest absolute Gasteiger partial charge is 0.407 e. The fourth-order valence-corrected chi connectivity index (χ4v) is 4.70. The number of anilines is 1. The van der Waals surface area contributed by atoms with E-state index in [1.165, 1.54) is 0 Å². The molecule has 208 valence electrons. The van der Waals surface area contributed by atoms with Gasteiger partial charge in [0.05, 0.1) is 11.1 Å². The van der Waals surface area contributed by atoms with E-state index in [-0.39, 0.29) is 24.5 Å². The number of amides is 5. The van der Waals surface area contributed by atoms with Gasteiger partial charge in [-0.25, -0.2) is 4.79 Å². The highest BCUT2D eigenvalue weighted by Gasteiger charge is 2.45. The van der Waals surface area contributed by atoms with Crippen molar-refractivity contribution in [3.63, 3.8) is 0 Å². The molecule has 10 nitrogen and oxygen atoms in total. The fraction of sp³-hybridized carbons (Fsp3) is 0.607. The molecule has 1 atom stereocenters. The molecule has 0 bridgehead atoms. The van der Waals surface area contributed by atoms with E-state index in [0.29, 0.717) is 24.3 Å². The number of rotatable bonds is 13. The zero-order chi connectivity index (χ0) is 27.7. The zero-order valence-corrected chi connectivity index (χ0v) is 22.7. The summed E-state index contributed by atoms with van der Waals surface area (Å²) in [6.07, 6.45) is 8.41. The number of carbonyl (C=O) groups excluding carboxylic acids is 5. The van der Waals surface area contributed by atoms with Crippen molar-refractivity contribution < 1.29 is 28.7 Å². The molecule has 0 aliphatic carbocycles. The number of piperidine rings is 1. The lowest BCUT2D eigenvalue weighted by Gasteiger charge is -2.27. The van der Waals surface area contributed by atoms with E-state index in [4.69, 9.17) is 4.74 Å². The van der Waals surface area contributed by atoms with Crippen LogP contribution in [0.15, 0.2) is 18.2 Å². The number of nitrogens with one attached hydrogen (secondary N) is 3. The quantitative estimate of drug-likeness (QED) is 0.259. The topological polar surface area (TPSA) is 134 Å². The van der Waals surface area contributed by atoms with Gasteiger partial charge in [0.1, 0.15) is 11.6 Å². The van der Waals surface area contributed by atoms with Crippen LogP contribution in [-0.4, -0.2) is 59.4 Å². The van der Waals surface area contributed by atoms with E-state index in [2.05, 4.69) is 16.0 Å². The molecule has 1 aromatic carbocycles. The molecule has 1 aromatic rings. The molecule has 0 aromatic heterocycles. The van der Waals surface area contributed by atoms with Crippen LogP contribution in [0.2, 0.25) is 0 Å². The van der Waals surface area contributed by atoms with Gasteiger partial charge < -0.3 is 15.4 Å². The van der Waals surface area contributed by atoms with Crippen LogP contribution < -0.4 is 16.0 Å². The van der Waals surface area contributed by atoms with Gasteiger partial charge in [-0.15, -0.1) is 0 Å². The van der Waals surface area contributed by atoms with Gasteiger partial charge in [-0.05, 0) is 52.2 Å². The van der Waals surface area contributed by atoms with Crippen LogP contribution in [0.3, 0.4) is 0 Å². The average molecular weight is 529 g/mol. The van der Waals surface area contributed by atoms with Crippen LogP contribution in [0.1, 0.15) is 106 Å². The van der Waals surface area contributed by atoms with Crippen LogP contribution in [-0.2, 0) is 14.3 Å². The number of benzene rings is 1. The summed E-state index contributed by atoms with van der Waals surface area (Å²) in [5.74, 6) is -1.99. The van der Waals surface area contributed by atoms with E-state index < -0.39 is 35.3 Å². The van der Waals surface area contributed by atoms with Crippen LogP contribution >= 0.6 is 0 Å². The number of imide groups is 2. The Balaban J connectivity index is 1.31. The standard InChI is InChI=1S/C28H40N4O6/c1-28(2,3)38-27(37)30-18-11-9-7-5-4-6-8-10-17-29-20-14-12-13-19-23(20)26(36)32(25(19)35)21-15-16-22(33)31-24(21)34/h12-14,21,29H,4-11,15-18H2,1-3H3,(H,30,37)(H,31,33,34). The molecule has 10 heteroatoms. The summed E-state index contributed by atoms with van der Waals surface area (Å²) in [6, 6.07) is 4.13. The number of hydrogen-bond donors (Lipinski definition) is 3. The molecule has 1 unspecified atom stereocenters. The summed E-state index contributed by atoms with van der Waals surface area (Å²) in [7, 11) is 0. The lowest BCUT2D eigenvalue weighted by atomic mass is 10.0. The van der Waals surface area contributed by atoms with Gasteiger partial charge in [0.2, 0.25) is 11.8 Å². The molecule has 38 heavy (non-hydrogen) atoms. The molecule has 0 radical (unpaired) electrons. The molecule has 5 amide bonds. The number of unbranched alkanes of at least 4 members (excludes halogenated alkanes) is 7. The first-order chi connectivity index (χ1) is 18.1.